The molecule has 0 aliphatic rings. The molecule has 0 atom stereocenters. The molecule has 1 aromatic heterocycles. The molecule has 5 aromatic rings. The van der Waals surface area contributed by atoms with Gasteiger partial charge in [-0.25, -0.2) is 0 Å². The van der Waals surface area contributed by atoms with Gasteiger partial charge in [0.2, 0.25) is 5.91 Å². The van der Waals surface area contributed by atoms with Crippen LogP contribution in [0.3, 0.4) is 0 Å². The zero-order valence-corrected chi connectivity index (χ0v) is 17.6. The van der Waals surface area contributed by atoms with Crippen molar-refractivity contribution >= 4 is 28.2 Å². The van der Waals surface area contributed by atoms with Crippen LogP contribution in [0.1, 0.15) is 10.4 Å². The van der Waals surface area contributed by atoms with E-state index < -0.39 is 5.91 Å². The standard InChI is InChI=1S/C27H20N4O2/c28-26(32)19-15-13-18(14-16-19)25-23-11-4-5-12-24(23)27(31-30-25)29-20-7-6-10-22(17-20)33-21-8-2-1-3-9-21/h1-17H,(H2,28,32)(H,29,31). The second-order valence-electron chi connectivity index (χ2n) is 7.45. The summed E-state index contributed by atoms with van der Waals surface area (Å²) in [6.45, 7) is 0. The summed E-state index contributed by atoms with van der Waals surface area (Å²) < 4.78 is 5.94. The maximum atomic E-state index is 11.4. The Labute approximate surface area is 190 Å². The summed E-state index contributed by atoms with van der Waals surface area (Å²) in [6.07, 6.45) is 0. The number of rotatable bonds is 6. The first-order valence-corrected chi connectivity index (χ1v) is 10.4. The molecular formula is C27H20N4O2. The average molecular weight is 432 g/mol. The van der Waals surface area contributed by atoms with Crippen molar-refractivity contribution in [3.8, 4) is 22.8 Å². The van der Waals surface area contributed by atoms with Crippen LogP contribution < -0.4 is 15.8 Å². The van der Waals surface area contributed by atoms with E-state index in [1.807, 2.05) is 91.0 Å². The van der Waals surface area contributed by atoms with E-state index in [-0.39, 0.29) is 0 Å². The molecule has 1 amide bonds. The Morgan fingerprint density at radius 3 is 2.18 bits per heavy atom. The molecule has 4 aromatic carbocycles. The fourth-order valence-corrected chi connectivity index (χ4v) is 3.60. The number of hydrogen-bond donors (Lipinski definition) is 2. The number of nitrogens with one attached hydrogen (secondary N) is 1. The summed E-state index contributed by atoms with van der Waals surface area (Å²) in [5.41, 5.74) is 8.23. The Bertz CT molecular complexity index is 1430. The Kier molecular flexibility index (Phi) is 5.39. The summed E-state index contributed by atoms with van der Waals surface area (Å²) in [6, 6.07) is 32.3. The third kappa shape index (κ3) is 4.36. The molecule has 0 spiro atoms. The summed E-state index contributed by atoms with van der Waals surface area (Å²) in [5.74, 6) is 1.66. The maximum absolute atomic E-state index is 11.4. The molecule has 6 heteroatoms. The predicted octanol–water partition coefficient (Wildman–Crippen LogP) is 5.93. The minimum Gasteiger partial charge on any atom is -0.457 e. The largest absolute Gasteiger partial charge is 0.457 e. The van der Waals surface area contributed by atoms with Crippen LogP contribution in [0.15, 0.2) is 103 Å². The second kappa shape index (κ2) is 8.80. The Morgan fingerprint density at radius 2 is 1.42 bits per heavy atom. The van der Waals surface area contributed by atoms with Crippen molar-refractivity contribution in [2.75, 3.05) is 5.32 Å². The van der Waals surface area contributed by atoms with Crippen LogP contribution in [0.4, 0.5) is 11.5 Å². The van der Waals surface area contributed by atoms with Gasteiger partial charge < -0.3 is 15.8 Å². The smallest absolute Gasteiger partial charge is 0.248 e. The number of aromatic nitrogens is 2. The first-order valence-electron chi connectivity index (χ1n) is 10.4. The van der Waals surface area contributed by atoms with Gasteiger partial charge in [0.25, 0.3) is 0 Å². The fraction of sp³-hybridized carbons (Fsp3) is 0. The van der Waals surface area contributed by atoms with Crippen LogP contribution in [0.25, 0.3) is 22.0 Å². The van der Waals surface area contributed by atoms with Crippen molar-refractivity contribution < 1.29 is 9.53 Å². The van der Waals surface area contributed by atoms with Gasteiger partial charge in [-0.15, -0.1) is 10.2 Å². The molecule has 0 saturated heterocycles. The van der Waals surface area contributed by atoms with Crippen molar-refractivity contribution in [1.29, 1.82) is 0 Å². The number of primary amides is 1. The first kappa shape index (κ1) is 20.2. The summed E-state index contributed by atoms with van der Waals surface area (Å²) >= 11 is 0. The normalized spacial score (nSPS) is 10.7. The number of fused-ring (bicyclic) bond motifs is 1. The van der Waals surface area contributed by atoms with Crippen molar-refractivity contribution in [2.45, 2.75) is 0 Å². The Morgan fingerprint density at radius 1 is 0.727 bits per heavy atom. The minimum atomic E-state index is -0.462. The number of amides is 1. The molecule has 0 fully saturated rings. The lowest BCUT2D eigenvalue weighted by atomic mass is 10.0. The molecule has 0 aliphatic heterocycles. The van der Waals surface area contributed by atoms with Gasteiger partial charge in [0.15, 0.2) is 5.82 Å². The number of benzene rings is 4. The molecule has 3 N–H and O–H groups in total. The number of carbonyl (C=O) groups is 1. The summed E-state index contributed by atoms with van der Waals surface area (Å²) in [4.78, 5) is 11.4. The summed E-state index contributed by atoms with van der Waals surface area (Å²) in [7, 11) is 0. The number of nitrogens with two attached hydrogens (primary N) is 1. The lowest BCUT2D eigenvalue weighted by molar-refractivity contribution is 0.100. The van der Waals surface area contributed by atoms with Gasteiger partial charge in [-0.1, -0.05) is 60.7 Å². The molecule has 5 rings (SSSR count). The molecule has 0 aliphatic carbocycles. The van der Waals surface area contributed by atoms with E-state index >= 15 is 0 Å². The van der Waals surface area contributed by atoms with E-state index in [0.717, 1.165) is 39.2 Å². The molecule has 0 radical (unpaired) electrons. The van der Waals surface area contributed by atoms with Crippen molar-refractivity contribution in [1.82, 2.24) is 10.2 Å². The number of carbonyl (C=O) groups excluding carboxylic acids is 1. The molecule has 0 unspecified atom stereocenters. The lowest BCUT2D eigenvalue weighted by Gasteiger charge is -2.12. The van der Waals surface area contributed by atoms with Gasteiger partial charge in [-0.3, -0.25) is 4.79 Å². The van der Waals surface area contributed by atoms with Gasteiger partial charge in [-0.2, -0.15) is 0 Å². The number of anilines is 2. The number of hydrogen-bond acceptors (Lipinski definition) is 5. The van der Waals surface area contributed by atoms with Gasteiger partial charge >= 0.3 is 0 Å². The molecule has 0 bridgehead atoms. The highest BCUT2D eigenvalue weighted by molar-refractivity contribution is 6.01. The fourth-order valence-electron chi connectivity index (χ4n) is 3.60. The molecule has 0 saturated carbocycles. The van der Waals surface area contributed by atoms with Crippen LogP contribution in [0, 0.1) is 0 Å². The third-order valence-corrected chi connectivity index (χ3v) is 5.21. The molecule has 160 valence electrons. The highest BCUT2D eigenvalue weighted by Crippen LogP contribution is 2.32. The van der Waals surface area contributed by atoms with Crippen molar-refractivity contribution in [2.24, 2.45) is 5.73 Å². The van der Waals surface area contributed by atoms with Gasteiger partial charge in [0, 0.05) is 33.7 Å². The topological polar surface area (TPSA) is 90.1 Å². The quantitative estimate of drug-likeness (QED) is 0.347. The van der Waals surface area contributed by atoms with E-state index in [9.17, 15) is 4.79 Å². The number of ether oxygens (including phenoxy) is 1. The van der Waals surface area contributed by atoms with E-state index in [1.54, 1.807) is 12.1 Å². The monoisotopic (exact) mass is 432 g/mol. The number of nitrogens with zero attached hydrogens (tertiary/aromatic N) is 2. The van der Waals surface area contributed by atoms with Crippen molar-refractivity contribution in [3.05, 3.63) is 109 Å². The Balaban J connectivity index is 1.47. The number of para-hydroxylation sites is 1. The van der Waals surface area contributed by atoms with E-state index in [1.165, 1.54) is 0 Å². The van der Waals surface area contributed by atoms with E-state index in [4.69, 9.17) is 10.5 Å². The molecular weight excluding hydrogens is 412 g/mol. The van der Waals surface area contributed by atoms with Crippen LogP contribution in [-0.2, 0) is 0 Å². The Hall–Kier alpha value is -4.71. The molecule has 1 heterocycles. The van der Waals surface area contributed by atoms with Crippen LogP contribution in [0.2, 0.25) is 0 Å². The zero-order valence-electron chi connectivity index (χ0n) is 17.6. The highest BCUT2D eigenvalue weighted by atomic mass is 16.5. The first-order chi connectivity index (χ1) is 16.2. The second-order valence-corrected chi connectivity index (χ2v) is 7.45. The highest BCUT2D eigenvalue weighted by Gasteiger charge is 2.12. The van der Waals surface area contributed by atoms with Gasteiger partial charge in [0.05, 0.1) is 0 Å². The van der Waals surface area contributed by atoms with Gasteiger partial charge in [-0.05, 0) is 36.4 Å². The SMILES string of the molecule is NC(=O)c1ccc(-c2nnc(Nc3cccc(Oc4ccccc4)c3)c3ccccc23)cc1. The molecule has 6 nitrogen and oxygen atoms in total. The zero-order chi connectivity index (χ0) is 22.6. The predicted molar refractivity (Wildman–Crippen MR) is 130 cm³/mol. The van der Waals surface area contributed by atoms with Crippen LogP contribution in [-0.4, -0.2) is 16.1 Å². The van der Waals surface area contributed by atoms with Crippen molar-refractivity contribution in [3.63, 3.8) is 0 Å². The van der Waals surface area contributed by atoms with Gasteiger partial charge in [0.1, 0.15) is 17.2 Å². The van der Waals surface area contributed by atoms with Crippen LogP contribution >= 0.6 is 0 Å². The van der Waals surface area contributed by atoms with E-state index in [2.05, 4.69) is 15.5 Å². The minimum absolute atomic E-state index is 0.451. The van der Waals surface area contributed by atoms with Crippen LogP contribution in [0.5, 0.6) is 11.5 Å². The third-order valence-electron chi connectivity index (χ3n) is 5.21. The maximum Gasteiger partial charge on any atom is 0.248 e. The van der Waals surface area contributed by atoms with E-state index in [0.29, 0.717) is 11.4 Å². The average Bonchev–Trinajstić information content (AvgIpc) is 2.85. The molecule has 33 heavy (non-hydrogen) atoms. The summed E-state index contributed by atoms with van der Waals surface area (Å²) in [5, 5.41) is 14.2. The lowest BCUT2D eigenvalue weighted by Crippen LogP contribution is -2.10.